The second kappa shape index (κ2) is 8.46. The van der Waals surface area contributed by atoms with Crippen molar-refractivity contribution >= 4 is 29.0 Å². The Balaban J connectivity index is 2.15. The molecule has 0 aliphatic carbocycles. The van der Waals surface area contributed by atoms with Crippen LogP contribution in [0.5, 0.6) is 11.5 Å². The van der Waals surface area contributed by atoms with Gasteiger partial charge in [-0.25, -0.2) is 4.79 Å². The molecule has 3 rings (SSSR count). The highest BCUT2D eigenvalue weighted by Crippen LogP contribution is 2.38. The van der Waals surface area contributed by atoms with E-state index in [4.69, 9.17) is 21.7 Å². The van der Waals surface area contributed by atoms with E-state index in [0.717, 1.165) is 12.1 Å². The molecule has 0 aromatic heterocycles. The number of benzene rings is 2. The lowest BCUT2D eigenvalue weighted by atomic mass is 9.94. The van der Waals surface area contributed by atoms with Crippen LogP contribution in [0.3, 0.4) is 0 Å². The number of hydrogen-bond donors (Lipinski definition) is 2. The summed E-state index contributed by atoms with van der Waals surface area (Å²) in [5.41, 5.74) is 0.312. The Hall–Kier alpha value is -3.27. The van der Waals surface area contributed by atoms with E-state index in [0.29, 0.717) is 11.3 Å². The molecule has 6 nitrogen and oxygen atoms in total. The summed E-state index contributed by atoms with van der Waals surface area (Å²) in [4.78, 5) is 14.0. The zero-order valence-corrected chi connectivity index (χ0v) is 17.6. The smallest absolute Gasteiger partial charge is 0.416 e. The first-order valence-electron chi connectivity index (χ1n) is 9.02. The minimum atomic E-state index is -4.53. The van der Waals surface area contributed by atoms with Gasteiger partial charge in [-0.15, -0.1) is 0 Å². The molecule has 0 radical (unpaired) electrons. The van der Waals surface area contributed by atoms with E-state index in [-0.39, 0.29) is 27.9 Å². The number of alkyl halides is 3. The summed E-state index contributed by atoms with van der Waals surface area (Å²) in [6, 6.07) is 8.39. The molecule has 0 saturated carbocycles. The van der Waals surface area contributed by atoms with Crippen molar-refractivity contribution < 1.29 is 32.5 Å². The SMILES string of the molecule is COC(=O)C1=C(C)N(c2cccc(C(F)(F)F)c2)C(=S)N[C@H]1c1ccc(O)c(OC)c1. The molecule has 1 aliphatic rings. The van der Waals surface area contributed by atoms with Crippen LogP contribution >= 0.6 is 12.2 Å². The number of nitrogens with zero attached hydrogens (tertiary/aromatic N) is 1. The number of phenols is 1. The number of halogens is 3. The molecule has 0 bridgehead atoms. The first kappa shape index (κ1) is 22.4. The second-order valence-corrected chi connectivity index (χ2v) is 7.07. The van der Waals surface area contributed by atoms with Crippen molar-refractivity contribution in [3.8, 4) is 11.5 Å². The van der Waals surface area contributed by atoms with Gasteiger partial charge in [0.25, 0.3) is 0 Å². The molecule has 164 valence electrons. The van der Waals surface area contributed by atoms with Crippen molar-refractivity contribution in [2.45, 2.75) is 19.1 Å². The Morgan fingerprint density at radius 2 is 1.90 bits per heavy atom. The van der Waals surface area contributed by atoms with Crippen molar-refractivity contribution in [3.05, 3.63) is 64.9 Å². The Morgan fingerprint density at radius 3 is 2.52 bits per heavy atom. The van der Waals surface area contributed by atoms with E-state index >= 15 is 0 Å². The number of carbonyl (C=O) groups excluding carboxylic acids is 1. The predicted octanol–water partition coefficient (Wildman–Crippen LogP) is 4.30. The lowest BCUT2D eigenvalue weighted by Gasteiger charge is -2.37. The molecular weight excluding hydrogens is 433 g/mol. The van der Waals surface area contributed by atoms with Crippen molar-refractivity contribution in [3.63, 3.8) is 0 Å². The summed E-state index contributed by atoms with van der Waals surface area (Å²) in [7, 11) is 2.59. The molecule has 2 aromatic rings. The summed E-state index contributed by atoms with van der Waals surface area (Å²) in [5, 5.41) is 13.0. The highest BCUT2D eigenvalue weighted by Gasteiger charge is 2.37. The van der Waals surface area contributed by atoms with Gasteiger partial charge in [0.2, 0.25) is 0 Å². The molecule has 0 amide bonds. The van der Waals surface area contributed by atoms with E-state index in [1.807, 2.05) is 0 Å². The molecule has 0 unspecified atom stereocenters. The van der Waals surface area contributed by atoms with Crippen LogP contribution in [0, 0.1) is 0 Å². The summed E-state index contributed by atoms with van der Waals surface area (Å²) in [5.74, 6) is -0.579. The summed E-state index contributed by atoms with van der Waals surface area (Å²) in [6.45, 7) is 1.57. The maximum atomic E-state index is 13.2. The lowest BCUT2D eigenvalue weighted by Crippen LogP contribution is -2.48. The van der Waals surface area contributed by atoms with Gasteiger partial charge in [0.05, 0.1) is 31.4 Å². The monoisotopic (exact) mass is 452 g/mol. The number of rotatable bonds is 4. The number of anilines is 1. The summed E-state index contributed by atoms with van der Waals surface area (Å²) >= 11 is 5.43. The molecule has 1 atom stereocenters. The molecule has 1 heterocycles. The maximum absolute atomic E-state index is 13.2. The van der Waals surface area contributed by atoms with Gasteiger partial charge in [0, 0.05) is 11.4 Å². The summed E-state index contributed by atoms with van der Waals surface area (Å²) in [6.07, 6.45) is -4.53. The van der Waals surface area contributed by atoms with Crippen LogP contribution in [0.4, 0.5) is 18.9 Å². The van der Waals surface area contributed by atoms with Crippen molar-refractivity contribution in [2.75, 3.05) is 19.1 Å². The largest absolute Gasteiger partial charge is 0.504 e. The number of phenolic OH excluding ortho intramolecular Hbond substituents is 1. The Morgan fingerprint density at radius 1 is 1.19 bits per heavy atom. The first-order valence-corrected chi connectivity index (χ1v) is 9.43. The van der Waals surface area contributed by atoms with Crippen molar-refractivity contribution in [1.82, 2.24) is 5.32 Å². The van der Waals surface area contributed by atoms with Gasteiger partial charge in [-0.3, -0.25) is 4.90 Å². The Kier molecular flexibility index (Phi) is 6.12. The van der Waals surface area contributed by atoms with Gasteiger partial charge >= 0.3 is 12.1 Å². The van der Waals surface area contributed by atoms with E-state index < -0.39 is 23.8 Å². The topological polar surface area (TPSA) is 71.0 Å². The number of carbonyl (C=O) groups is 1. The molecular formula is C21H19F3N2O4S. The highest BCUT2D eigenvalue weighted by molar-refractivity contribution is 7.80. The quantitative estimate of drug-likeness (QED) is 0.529. The molecule has 2 N–H and O–H groups in total. The van der Waals surface area contributed by atoms with E-state index in [1.165, 1.54) is 43.4 Å². The van der Waals surface area contributed by atoms with Gasteiger partial charge in [-0.05, 0) is 55.0 Å². The molecule has 0 saturated heterocycles. The third-order valence-corrected chi connectivity index (χ3v) is 5.16. The Labute approximate surface area is 181 Å². The maximum Gasteiger partial charge on any atom is 0.416 e. The van der Waals surface area contributed by atoms with Crippen molar-refractivity contribution in [1.29, 1.82) is 0 Å². The van der Waals surface area contributed by atoms with Crippen LogP contribution in [0.25, 0.3) is 0 Å². The number of thiocarbonyl (C=S) groups is 1. The molecule has 10 heteroatoms. The van der Waals surface area contributed by atoms with Crippen LogP contribution in [0.1, 0.15) is 24.1 Å². The van der Waals surface area contributed by atoms with Gasteiger partial charge in [-0.1, -0.05) is 12.1 Å². The van der Waals surface area contributed by atoms with Gasteiger partial charge < -0.3 is 19.9 Å². The molecule has 31 heavy (non-hydrogen) atoms. The average molecular weight is 452 g/mol. The van der Waals surface area contributed by atoms with E-state index in [2.05, 4.69) is 5.32 Å². The van der Waals surface area contributed by atoms with E-state index in [1.54, 1.807) is 13.0 Å². The van der Waals surface area contributed by atoms with E-state index in [9.17, 15) is 23.1 Å². The van der Waals surface area contributed by atoms with Crippen molar-refractivity contribution in [2.24, 2.45) is 0 Å². The minimum absolute atomic E-state index is 0.0875. The number of esters is 1. The number of nitrogens with one attached hydrogen (secondary N) is 1. The third kappa shape index (κ3) is 4.29. The van der Waals surface area contributed by atoms with Crippen LogP contribution in [-0.2, 0) is 15.7 Å². The highest BCUT2D eigenvalue weighted by atomic mass is 32.1. The number of allylic oxidation sites excluding steroid dienone is 1. The minimum Gasteiger partial charge on any atom is -0.504 e. The summed E-state index contributed by atoms with van der Waals surface area (Å²) < 4.78 is 49.6. The van der Waals surface area contributed by atoms with Gasteiger partial charge in [0.1, 0.15) is 0 Å². The zero-order valence-electron chi connectivity index (χ0n) is 16.8. The number of aromatic hydroxyl groups is 1. The molecule has 1 aliphatic heterocycles. The van der Waals surface area contributed by atoms with Crippen LogP contribution in [0.2, 0.25) is 0 Å². The molecule has 2 aromatic carbocycles. The number of ether oxygens (including phenoxy) is 2. The average Bonchev–Trinajstić information content (AvgIpc) is 2.73. The number of hydrogen-bond acceptors (Lipinski definition) is 5. The van der Waals surface area contributed by atoms with Crippen LogP contribution < -0.4 is 15.0 Å². The van der Waals surface area contributed by atoms with Gasteiger partial charge in [0.15, 0.2) is 16.6 Å². The fourth-order valence-electron chi connectivity index (χ4n) is 3.37. The molecule has 0 fully saturated rings. The fraction of sp³-hybridized carbons (Fsp3) is 0.238. The number of methoxy groups -OCH3 is 2. The standard InChI is InChI=1S/C21H19F3N2O4S/c1-11-17(19(28)30-3)18(12-7-8-15(27)16(9-12)29-2)25-20(31)26(11)14-6-4-5-13(10-14)21(22,23)24/h4-10,18,27H,1-3H3,(H,25,31)/t18-/m0/s1. The van der Waals surface area contributed by atoms with Crippen LogP contribution in [-0.4, -0.2) is 30.4 Å². The molecule has 0 spiro atoms. The van der Waals surface area contributed by atoms with Gasteiger partial charge in [-0.2, -0.15) is 13.2 Å². The predicted molar refractivity (Wildman–Crippen MR) is 112 cm³/mol. The zero-order chi connectivity index (χ0) is 22.9. The van der Waals surface area contributed by atoms with Crippen LogP contribution in [0.15, 0.2) is 53.7 Å². The second-order valence-electron chi connectivity index (χ2n) is 6.69. The Bertz CT molecular complexity index is 1070. The lowest BCUT2D eigenvalue weighted by molar-refractivity contribution is -0.138. The normalized spacial score (nSPS) is 16.8. The first-order chi connectivity index (χ1) is 14.6. The fourth-order valence-corrected chi connectivity index (χ4v) is 3.73. The third-order valence-electron chi connectivity index (χ3n) is 4.86.